The number of halogens is 1. The predicted octanol–water partition coefficient (Wildman–Crippen LogP) is 3.77. The van der Waals surface area contributed by atoms with E-state index in [4.69, 9.17) is 16.6 Å². The van der Waals surface area contributed by atoms with Crippen molar-refractivity contribution in [2.45, 2.75) is 11.8 Å². The Balaban J connectivity index is 1.99. The van der Waals surface area contributed by atoms with Gasteiger partial charge in [0.2, 0.25) is 0 Å². The number of anilines is 1. The van der Waals surface area contributed by atoms with Crippen LogP contribution in [0.1, 0.15) is 15.9 Å². The second kappa shape index (κ2) is 8.61. The number of carbonyl (C=O) groups excluding carboxylic acids is 1. The van der Waals surface area contributed by atoms with Gasteiger partial charge in [0.25, 0.3) is 5.91 Å². The summed E-state index contributed by atoms with van der Waals surface area (Å²) in [5.74, 6) is -0.0216. The predicted molar refractivity (Wildman–Crippen MR) is 117 cm³/mol. The molecule has 3 rings (SSSR count). The van der Waals surface area contributed by atoms with Gasteiger partial charge in [-0.1, -0.05) is 22.9 Å². The van der Waals surface area contributed by atoms with E-state index in [-0.39, 0.29) is 5.91 Å². The van der Waals surface area contributed by atoms with Crippen molar-refractivity contribution in [3.8, 4) is 0 Å². The lowest BCUT2D eigenvalue weighted by Gasteiger charge is -2.20. The Morgan fingerprint density at radius 1 is 1.22 bits per heavy atom. The quantitative estimate of drug-likeness (QED) is 0.617. The first kappa shape index (κ1) is 20.1. The van der Waals surface area contributed by atoms with Gasteiger partial charge in [-0.05, 0) is 55.1 Å². The number of thiazole rings is 1. The number of rotatable bonds is 6. The Labute approximate surface area is 173 Å². The van der Waals surface area contributed by atoms with Gasteiger partial charge >= 0.3 is 0 Å². The zero-order chi connectivity index (χ0) is 19.6. The number of amides is 1. The molecule has 7 heteroatoms. The molecule has 0 radical (unpaired) electrons. The number of aryl methyl sites for hydroxylation is 1. The van der Waals surface area contributed by atoms with E-state index < -0.39 is 0 Å². The van der Waals surface area contributed by atoms with Crippen molar-refractivity contribution < 1.29 is 9.69 Å². The van der Waals surface area contributed by atoms with Crippen LogP contribution in [0.3, 0.4) is 0 Å². The van der Waals surface area contributed by atoms with Crippen LogP contribution in [-0.4, -0.2) is 44.3 Å². The number of quaternary nitrogens is 1. The fourth-order valence-corrected chi connectivity index (χ4v) is 4.32. The lowest BCUT2D eigenvalue weighted by Crippen LogP contribution is -3.06. The molecule has 1 aromatic heterocycles. The lowest BCUT2D eigenvalue weighted by atomic mass is 10.2. The van der Waals surface area contributed by atoms with Gasteiger partial charge in [-0.3, -0.25) is 9.69 Å². The molecular weight excluding hydrogens is 398 g/mol. The number of thioether (sulfide) groups is 1. The highest BCUT2D eigenvalue weighted by atomic mass is 35.5. The molecule has 0 fully saturated rings. The Bertz CT molecular complexity index is 954. The van der Waals surface area contributed by atoms with E-state index in [1.807, 2.05) is 49.6 Å². The van der Waals surface area contributed by atoms with Crippen LogP contribution in [0.5, 0.6) is 0 Å². The SMILES string of the molecule is CSc1ccc(C(=O)N(CC[NH+](C)C)c2nc3c(C)c(Cl)ccc3s2)cc1. The molecule has 0 saturated heterocycles. The summed E-state index contributed by atoms with van der Waals surface area (Å²) >= 11 is 9.44. The third-order valence-corrected chi connectivity index (χ3v) is 6.58. The largest absolute Gasteiger partial charge is 0.338 e. The highest BCUT2D eigenvalue weighted by molar-refractivity contribution is 7.98. The minimum Gasteiger partial charge on any atom is -0.338 e. The average Bonchev–Trinajstić information content (AvgIpc) is 3.09. The van der Waals surface area contributed by atoms with E-state index in [0.717, 1.165) is 32.4 Å². The number of nitrogens with zero attached hydrogens (tertiary/aromatic N) is 2. The topological polar surface area (TPSA) is 37.6 Å². The summed E-state index contributed by atoms with van der Waals surface area (Å²) in [4.78, 5) is 22.2. The molecule has 1 heterocycles. The van der Waals surface area contributed by atoms with Crippen LogP contribution in [0.15, 0.2) is 41.3 Å². The fraction of sp³-hybridized carbons (Fsp3) is 0.300. The number of benzene rings is 2. The van der Waals surface area contributed by atoms with Crippen LogP contribution in [0, 0.1) is 6.92 Å². The molecule has 1 N–H and O–H groups in total. The van der Waals surface area contributed by atoms with Gasteiger partial charge in [0.05, 0.1) is 37.4 Å². The van der Waals surface area contributed by atoms with Crippen molar-refractivity contribution in [3.63, 3.8) is 0 Å². The highest BCUT2D eigenvalue weighted by Crippen LogP contribution is 2.34. The van der Waals surface area contributed by atoms with E-state index >= 15 is 0 Å². The maximum absolute atomic E-state index is 13.2. The molecule has 0 aliphatic carbocycles. The molecule has 4 nitrogen and oxygen atoms in total. The molecule has 0 atom stereocenters. The van der Waals surface area contributed by atoms with Crippen molar-refractivity contribution in [1.82, 2.24) is 4.98 Å². The van der Waals surface area contributed by atoms with E-state index in [1.54, 1.807) is 16.7 Å². The first-order valence-corrected chi connectivity index (χ1v) is 11.1. The standard InChI is InChI=1S/C20H22ClN3OS2/c1-13-16(21)9-10-17-18(13)22-20(27-17)24(12-11-23(2)3)19(25)14-5-7-15(26-4)8-6-14/h5-10H,11-12H2,1-4H3/p+1. The second-order valence-electron chi connectivity index (χ2n) is 6.66. The van der Waals surface area contributed by atoms with Gasteiger partial charge in [0, 0.05) is 15.5 Å². The normalized spacial score (nSPS) is 11.3. The zero-order valence-corrected chi connectivity index (χ0v) is 18.3. The maximum Gasteiger partial charge on any atom is 0.260 e. The molecule has 0 aliphatic rings. The van der Waals surface area contributed by atoms with Gasteiger partial charge < -0.3 is 4.90 Å². The Morgan fingerprint density at radius 3 is 2.56 bits per heavy atom. The summed E-state index contributed by atoms with van der Waals surface area (Å²) in [7, 11) is 4.16. The van der Waals surface area contributed by atoms with Gasteiger partial charge in [-0.15, -0.1) is 11.8 Å². The third-order valence-electron chi connectivity index (χ3n) is 4.39. The highest BCUT2D eigenvalue weighted by Gasteiger charge is 2.23. The molecule has 142 valence electrons. The van der Waals surface area contributed by atoms with Gasteiger partial charge in [0.1, 0.15) is 0 Å². The molecule has 0 saturated carbocycles. The number of carbonyl (C=O) groups is 1. The maximum atomic E-state index is 13.2. The van der Waals surface area contributed by atoms with Crippen molar-refractivity contribution >= 4 is 56.0 Å². The monoisotopic (exact) mass is 420 g/mol. The number of aromatic nitrogens is 1. The minimum atomic E-state index is -0.0216. The molecule has 0 unspecified atom stereocenters. The molecule has 0 spiro atoms. The summed E-state index contributed by atoms with van der Waals surface area (Å²) in [6.45, 7) is 3.41. The molecule has 1 amide bonds. The molecule has 3 aromatic rings. The van der Waals surface area contributed by atoms with Crippen molar-refractivity contribution in [3.05, 3.63) is 52.5 Å². The minimum absolute atomic E-state index is 0.0216. The van der Waals surface area contributed by atoms with Gasteiger partial charge in [0.15, 0.2) is 5.13 Å². The smallest absolute Gasteiger partial charge is 0.260 e. The molecule has 27 heavy (non-hydrogen) atoms. The van der Waals surface area contributed by atoms with Crippen molar-refractivity contribution in [2.75, 3.05) is 38.3 Å². The summed E-state index contributed by atoms with van der Waals surface area (Å²) in [5, 5.41) is 1.41. The molecule has 0 bridgehead atoms. The van der Waals surface area contributed by atoms with Crippen molar-refractivity contribution in [1.29, 1.82) is 0 Å². The number of nitrogens with one attached hydrogen (secondary N) is 1. The van der Waals surface area contributed by atoms with E-state index in [1.165, 1.54) is 16.2 Å². The summed E-state index contributed by atoms with van der Waals surface area (Å²) in [6, 6.07) is 11.6. The summed E-state index contributed by atoms with van der Waals surface area (Å²) in [5.41, 5.74) is 2.50. The van der Waals surface area contributed by atoms with Crippen LogP contribution >= 0.6 is 34.7 Å². The first-order chi connectivity index (χ1) is 12.9. The third kappa shape index (κ3) is 4.46. The lowest BCUT2D eigenvalue weighted by molar-refractivity contribution is -0.856. The van der Waals surface area contributed by atoms with Crippen LogP contribution < -0.4 is 9.80 Å². The average molecular weight is 421 g/mol. The number of hydrogen-bond donors (Lipinski definition) is 1. The molecule has 2 aromatic carbocycles. The summed E-state index contributed by atoms with van der Waals surface area (Å²) < 4.78 is 1.04. The van der Waals surface area contributed by atoms with E-state index in [2.05, 4.69) is 14.1 Å². The van der Waals surface area contributed by atoms with Crippen LogP contribution in [0.4, 0.5) is 5.13 Å². The molecular formula is C20H23ClN3OS2+. The van der Waals surface area contributed by atoms with Crippen LogP contribution in [-0.2, 0) is 0 Å². The Morgan fingerprint density at radius 2 is 1.93 bits per heavy atom. The summed E-state index contributed by atoms with van der Waals surface area (Å²) in [6.07, 6.45) is 2.03. The van der Waals surface area contributed by atoms with Gasteiger partial charge in [-0.2, -0.15) is 0 Å². The number of fused-ring (bicyclic) bond motifs is 1. The Hall–Kier alpha value is -1.60. The van der Waals surface area contributed by atoms with E-state index in [0.29, 0.717) is 17.1 Å². The fourth-order valence-electron chi connectivity index (χ4n) is 2.71. The van der Waals surface area contributed by atoms with Crippen LogP contribution in [0.2, 0.25) is 5.02 Å². The van der Waals surface area contributed by atoms with Crippen molar-refractivity contribution in [2.24, 2.45) is 0 Å². The number of likely N-dealkylation sites (N-methyl/N-ethyl adjacent to an activating group) is 1. The number of hydrogen-bond acceptors (Lipinski definition) is 4. The first-order valence-electron chi connectivity index (χ1n) is 8.71. The zero-order valence-electron chi connectivity index (χ0n) is 15.9. The second-order valence-corrected chi connectivity index (χ2v) is 8.95. The van der Waals surface area contributed by atoms with Crippen LogP contribution in [0.25, 0.3) is 10.2 Å². The Kier molecular flexibility index (Phi) is 6.42. The van der Waals surface area contributed by atoms with E-state index in [9.17, 15) is 4.79 Å². The van der Waals surface area contributed by atoms with Gasteiger partial charge in [-0.25, -0.2) is 4.98 Å². The molecule has 0 aliphatic heterocycles.